The smallest absolute Gasteiger partial charge is 0.331 e. The number of hydrogen-bond acceptors (Lipinski definition) is 5. The van der Waals surface area contributed by atoms with Crippen molar-refractivity contribution in [1.29, 1.82) is 0 Å². The minimum absolute atomic E-state index is 0.215. The Bertz CT molecular complexity index is 626. The van der Waals surface area contributed by atoms with E-state index < -0.39 is 7.60 Å². The van der Waals surface area contributed by atoms with Crippen molar-refractivity contribution in [3.05, 3.63) is 30.3 Å². The molecule has 0 unspecified atom stereocenters. The third-order valence-electron chi connectivity index (χ3n) is 3.73. The number of ether oxygens (including phenoxy) is 1. The van der Waals surface area contributed by atoms with Gasteiger partial charge < -0.3 is 19.1 Å². The molecule has 158 valence electrons. The fourth-order valence-corrected chi connectivity index (χ4v) is 4.04. The molecule has 0 radical (unpaired) electrons. The molecule has 0 aliphatic rings. The number of para-hydroxylation sites is 1. The molecular weight excluding hydrogens is 395 g/mol. The zero-order valence-corrected chi connectivity index (χ0v) is 18.9. The maximum Gasteiger partial charge on any atom is 0.331 e. The van der Waals surface area contributed by atoms with Gasteiger partial charge in [0.25, 0.3) is 0 Å². The minimum atomic E-state index is -3.19. The monoisotopic (exact) mass is 428 g/mol. The Morgan fingerprint density at radius 2 is 1.68 bits per heavy atom. The van der Waals surface area contributed by atoms with Crippen molar-refractivity contribution in [2.75, 3.05) is 31.3 Å². The highest BCUT2D eigenvalue weighted by Crippen LogP contribution is 2.49. The van der Waals surface area contributed by atoms with E-state index in [2.05, 4.69) is 24.2 Å². The van der Waals surface area contributed by atoms with E-state index in [0.29, 0.717) is 37.3 Å². The second-order valence-electron chi connectivity index (χ2n) is 6.19. The molecule has 0 saturated carbocycles. The molecule has 28 heavy (non-hydrogen) atoms. The lowest BCUT2D eigenvalue weighted by Gasteiger charge is -2.19. The van der Waals surface area contributed by atoms with Gasteiger partial charge >= 0.3 is 7.60 Å². The van der Waals surface area contributed by atoms with Crippen LogP contribution in [0.3, 0.4) is 0 Å². The van der Waals surface area contributed by atoms with Gasteiger partial charge in [-0.2, -0.15) is 4.99 Å². The van der Waals surface area contributed by atoms with E-state index in [-0.39, 0.29) is 6.16 Å². The lowest BCUT2D eigenvalue weighted by molar-refractivity contribution is 0.199. The van der Waals surface area contributed by atoms with E-state index in [0.717, 1.165) is 31.4 Å². The number of nitrogens with zero attached hydrogens (tertiary/aromatic N) is 1. The summed E-state index contributed by atoms with van der Waals surface area (Å²) in [5.74, 6) is 0.425. The number of nitrogens with one attached hydrogen (secondary N) is 1. The van der Waals surface area contributed by atoms with Crippen LogP contribution in [0.5, 0.6) is 0 Å². The Morgan fingerprint density at radius 3 is 2.21 bits per heavy atom. The average Bonchev–Trinajstić information content (AvgIpc) is 2.68. The molecule has 1 aromatic rings. The molecule has 0 atom stereocenters. The highest BCUT2D eigenvalue weighted by molar-refractivity contribution is 7.80. The predicted octanol–water partition coefficient (Wildman–Crippen LogP) is 6.04. The van der Waals surface area contributed by atoms with Gasteiger partial charge in [-0.25, -0.2) is 0 Å². The first-order chi connectivity index (χ1) is 13.5. The number of benzene rings is 1. The van der Waals surface area contributed by atoms with E-state index in [1.54, 1.807) is 0 Å². The Kier molecular flexibility index (Phi) is 13.0. The molecular formula is C20H33N2O4PS. The quantitative estimate of drug-likeness (QED) is 0.136. The first-order valence-corrected chi connectivity index (χ1v) is 12.1. The van der Waals surface area contributed by atoms with Crippen LogP contribution < -0.4 is 5.32 Å². The molecule has 0 aliphatic heterocycles. The van der Waals surface area contributed by atoms with Gasteiger partial charge in [-0.1, -0.05) is 44.9 Å². The summed E-state index contributed by atoms with van der Waals surface area (Å²) in [4.78, 5) is 4.34. The first-order valence-electron chi connectivity index (χ1n) is 9.97. The normalized spacial score (nSPS) is 12.0. The molecule has 0 bridgehead atoms. The summed E-state index contributed by atoms with van der Waals surface area (Å²) in [5.41, 5.74) is 0.851. The van der Waals surface area contributed by atoms with E-state index in [1.165, 1.54) is 0 Å². The van der Waals surface area contributed by atoms with Gasteiger partial charge in [0.15, 0.2) is 11.0 Å². The number of thiocarbonyl (C=S) groups is 1. The van der Waals surface area contributed by atoms with Crippen LogP contribution in [0.1, 0.15) is 52.9 Å². The van der Waals surface area contributed by atoms with Gasteiger partial charge in [0, 0.05) is 12.1 Å². The van der Waals surface area contributed by atoms with Gasteiger partial charge in [-0.15, -0.1) is 0 Å². The molecule has 0 saturated heterocycles. The zero-order chi connectivity index (χ0) is 20.7. The van der Waals surface area contributed by atoms with Crippen molar-refractivity contribution in [3.63, 3.8) is 0 Å². The summed E-state index contributed by atoms with van der Waals surface area (Å²) in [5, 5.41) is 3.34. The molecule has 0 heterocycles. The van der Waals surface area contributed by atoms with Crippen LogP contribution in [-0.2, 0) is 18.3 Å². The van der Waals surface area contributed by atoms with Gasteiger partial charge in [0.1, 0.15) is 0 Å². The Labute approximate surface area is 174 Å². The molecule has 0 aliphatic carbocycles. The Hall–Kier alpha value is -1.27. The number of hydrogen-bond donors (Lipinski definition) is 1. The maximum atomic E-state index is 13.0. The van der Waals surface area contributed by atoms with E-state index in [9.17, 15) is 4.57 Å². The van der Waals surface area contributed by atoms with Gasteiger partial charge in [-0.05, 0) is 44.1 Å². The third kappa shape index (κ3) is 10.9. The highest BCUT2D eigenvalue weighted by atomic mass is 32.1. The molecule has 0 spiro atoms. The van der Waals surface area contributed by atoms with Crippen molar-refractivity contribution in [2.24, 2.45) is 4.99 Å². The molecule has 0 fully saturated rings. The van der Waals surface area contributed by atoms with Crippen LogP contribution in [0.4, 0.5) is 5.69 Å². The van der Waals surface area contributed by atoms with Crippen LogP contribution in [0.15, 0.2) is 35.3 Å². The zero-order valence-electron chi connectivity index (χ0n) is 17.2. The Balaban J connectivity index is 2.71. The van der Waals surface area contributed by atoms with Crippen LogP contribution in [0.25, 0.3) is 0 Å². The number of anilines is 1. The van der Waals surface area contributed by atoms with Gasteiger partial charge in [0.05, 0.1) is 26.0 Å². The van der Waals surface area contributed by atoms with Crippen molar-refractivity contribution < 1.29 is 18.3 Å². The van der Waals surface area contributed by atoms with Crippen molar-refractivity contribution in [3.8, 4) is 0 Å². The van der Waals surface area contributed by atoms with Crippen LogP contribution in [0.2, 0.25) is 0 Å². The fourth-order valence-electron chi connectivity index (χ4n) is 2.21. The lowest BCUT2D eigenvalue weighted by Crippen LogP contribution is -2.15. The summed E-state index contributed by atoms with van der Waals surface area (Å²) < 4.78 is 29.9. The van der Waals surface area contributed by atoms with E-state index >= 15 is 0 Å². The molecule has 1 rings (SSSR count). The molecule has 8 heteroatoms. The summed E-state index contributed by atoms with van der Waals surface area (Å²) in [6, 6.07) is 9.56. The largest absolute Gasteiger partial charge is 0.481 e. The minimum Gasteiger partial charge on any atom is -0.481 e. The fraction of sp³-hybridized carbons (Fsp3) is 0.600. The predicted molar refractivity (Wildman–Crippen MR) is 121 cm³/mol. The second-order valence-corrected chi connectivity index (χ2v) is 8.76. The number of aliphatic imine (C=N–C) groups is 1. The molecule has 1 N–H and O–H groups in total. The maximum absolute atomic E-state index is 13.0. The summed E-state index contributed by atoms with van der Waals surface area (Å²) in [7, 11) is -3.19. The van der Waals surface area contributed by atoms with Crippen molar-refractivity contribution in [2.45, 2.75) is 52.9 Å². The molecule has 0 amide bonds. The highest BCUT2D eigenvalue weighted by Gasteiger charge is 2.25. The topological polar surface area (TPSA) is 69.2 Å². The van der Waals surface area contributed by atoms with Crippen molar-refractivity contribution in [1.82, 2.24) is 0 Å². The summed E-state index contributed by atoms with van der Waals surface area (Å²) in [6.45, 7) is 7.30. The number of rotatable bonds is 13. The average molecular weight is 429 g/mol. The lowest BCUT2D eigenvalue weighted by atomic mass is 10.3. The first kappa shape index (κ1) is 24.8. The number of unbranched alkanes of at least 4 members (excludes halogenated alkanes) is 2. The van der Waals surface area contributed by atoms with Gasteiger partial charge in [-0.3, -0.25) is 4.57 Å². The third-order valence-corrected chi connectivity index (χ3v) is 5.85. The van der Waals surface area contributed by atoms with Crippen LogP contribution >= 0.6 is 19.8 Å². The van der Waals surface area contributed by atoms with E-state index in [1.807, 2.05) is 37.3 Å². The van der Waals surface area contributed by atoms with Gasteiger partial charge in [0.2, 0.25) is 0 Å². The molecule has 6 nitrogen and oxygen atoms in total. The standard InChI is InChI=1S/C20H33N2O4PS/c1-4-7-15-25-27(23,26-16-8-5-2)17-14-19(24-6-3)22-20(28)21-18-12-10-9-11-13-18/h9-13H,4-8,14-17H2,1-3H3,(H,21,28). The van der Waals surface area contributed by atoms with E-state index in [4.69, 9.17) is 26.0 Å². The van der Waals surface area contributed by atoms with Crippen LogP contribution in [-0.4, -0.2) is 37.0 Å². The summed E-state index contributed by atoms with van der Waals surface area (Å²) >= 11 is 5.30. The molecule has 0 aromatic heterocycles. The second kappa shape index (κ2) is 14.7. The SMILES string of the molecule is CCCCOP(=O)(CCC(=NC(=S)Nc1ccccc1)OCC)OCCCC. The van der Waals surface area contributed by atoms with Crippen molar-refractivity contribution >= 4 is 36.5 Å². The van der Waals surface area contributed by atoms with Crippen LogP contribution in [0, 0.1) is 0 Å². The Morgan fingerprint density at radius 1 is 1.07 bits per heavy atom. The summed E-state index contributed by atoms with van der Waals surface area (Å²) in [6.07, 6.45) is 4.19. The molecule has 1 aromatic carbocycles.